The Hall–Kier alpha value is -3.18. The average molecular weight is 509 g/mol. The van der Waals surface area contributed by atoms with Gasteiger partial charge in [-0.1, -0.05) is 0 Å². The highest BCUT2D eigenvalue weighted by molar-refractivity contribution is 7.82. The first-order valence-electron chi connectivity index (χ1n) is 10.8. The molecule has 2 atom stereocenters. The Balaban J connectivity index is 0.000000203. The van der Waals surface area contributed by atoms with E-state index in [1.54, 1.807) is 18.2 Å². The minimum atomic E-state index is -2.70. The third kappa shape index (κ3) is 7.40. The molecule has 2 unspecified atom stereocenters. The van der Waals surface area contributed by atoms with Crippen molar-refractivity contribution in [1.82, 2.24) is 19.6 Å². The molecule has 0 spiro atoms. The zero-order valence-electron chi connectivity index (χ0n) is 18.8. The van der Waals surface area contributed by atoms with Gasteiger partial charge in [0.15, 0.2) is 0 Å². The Labute approximate surface area is 203 Å². The maximum Gasteiger partial charge on any atom is 0.281 e. The van der Waals surface area contributed by atoms with Crippen molar-refractivity contribution < 1.29 is 26.6 Å². The highest BCUT2D eigenvalue weighted by Crippen LogP contribution is 2.23. The second-order valence-corrected chi connectivity index (χ2v) is 9.25. The third-order valence-corrected chi connectivity index (χ3v) is 6.90. The Morgan fingerprint density at radius 1 is 1.11 bits per heavy atom. The fourth-order valence-corrected chi connectivity index (χ4v) is 4.87. The van der Waals surface area contributed by atoms with E-state index in [0.717, 1.165) is 31.8 Å². The average Bonchev–Trinajstić information content (AvgIpc) is 3.28. The predicted octanol–water partition coefficient (Wildman–Crippen LogP) is 4.80. The van der Waals surface area contributed by atoms with Gasteiger partial charge in [-0.2, -0.15) is 0 Å². The van der Waals surface area contributed by atoms with Crippen LogP contribution in [0, 0.1) is 11.6 Å². The zero-order valence-corrected chi connectivity index (χ0v) is 19.7. The summed E-state index contributed by atoms with van der Waals surface area (Å²) in [5, 5.41) is 2.41. The maximum absolute atomic E-state index is 13.5. The van der Waals surface area contributed by atoms with Crippen molar-refractivity contribution >= 4 is 17.4 Å². The molecule has 6 nitrogen and oxygen atoms in total. The first kappa shape index (κ1) is 26.4. The molecule has 1 saturated heterocycles. The summed E-state index contributed by atoms with van der Waals surface area (Å²) in [6.07, 6.45) is 2.10. The zero-order chi connectivity index (χ0) is 25.4. The molecule has 1 aromatic heterocycles. The number of nitrogens with zero attached hydrogens (tertiary/aromatic N) is 3. The number of alkyl halides is 2. The van der Waals surface area contributed by atoms with Gasteiger partial charge in [-0.15, -0.1) is 0 Å². The molecule has 1 fully saturated rings. The van der Waals surface area contributed by atoms with Crippen LogP contribution in [0.5, 0.6) is 0 Å². The molecule has 11 heteroatoms. The van der Waals surface area contributed by atoms with Gasteiger partial charge >= 0.3 is 0 Å². The Morgan fingerprint density at radius 3 is 2.43 bits per heavy atom. The molecule has 4 rings (SSSR count). The molecule has 0 aliphatic carbocycles. The topological polar surface area (TPSA) is 75.2 Å². The van der Waals surface area contributed by atoms with Crippen LogP contribution in [0.25, 0.3) is 11.3 Å². The van der Waals surface area contributed by atoms with Crippen molar-refractivity contribution in [2.75, 3.05) is 6.54 Å². The number of nitrogens with one attached hydrogen (secondary N) is 1. The van der Waals surface area contributed by atoms with Crippen LogP contribution < -0.4 is 5.32 Å². The van der Waals surface area contributed by atoms with Crippen LogP contribution in [0.15, 0.2) is 59.8 Å². The SMILES string of the molecule is CC1CCCN1S(=O)c1ccc(F)cc1.O=CNCc1cc(F)cc(-c2cnc(C(F)F)cn2)c1. The number of hydrogen-bond donors (Lipinski definition) is 1. The smallest absolute Gasteiger partial charge is 0.281 e. The van der Waals surface area contributed by atoms with E-state index in [0.29, 0.717) is 28.5 Å². The van der Waals surface area contributed by atoms with Gasteiger partial charge in [0.2, 0.25) is 6.41 Å². The predicted molar refractivity (Wildman–Crippen MR) is 123 cm³/mol. The molecular weight excluding hydrogens is 484 g/mol. The number of halogens is 4. The minimum Gasteiger partial charge on any atom is -0.355 e. The van der Waals surface area contributed by atoms with E-state index in [1.807, 2.05) is 4.31 Å². The summed E-state index contributed by atoms with van der Waals surface area (Å²) in [7, 11) is -1.13. The van der Waals surface area contributed by atoms with Crippen LogP contribution in [0.1, 0.15) is 37.4 Å². The van der Waals surface area contributed by atoms with E-state index in [-0.39, 0.29) is 18.1 Å². The Bertz CT molecular complexity index is 1150. The van der Waals surface area contributed by atoms with E-state index < -0.39 is 28.9 Å². The van der Waals surface area contributed by atoms with Crippen LogP contribution >= 0.6 is 0 Å². The molecule has 186 valence electrons. The highest BCUT2D eigenvalue weighted by Gasteiger charge is 2.26. The Kier molecular flexibility index (Phi) is 9.44. The van der Waals surface area contributed by atoms with Gasteiger partial charge in [-0.05, 0) is 67.8 Å². The largest absolute Gasteiger partial charge is 0.355 e. The molecule has 1 amide bonds. The quantitative estimate of drug-likeness (QED) is 0.368. The van der Waals surface area contributed by atoms with E-state index in [4.69, 9.17) is 0 Å². The van der Waals surface area contributed by atoms with Crippen molar-refractivity contribution in [3.63, 3.8) is 0 Å². The normalized spacial score (nSPS) is 16.5. The molecular formula is C24H24F4N4O2S. The fourth-order valence-electron chi connectivity index (χ4n) is 3.50. The van der Waals surface area contributed by atoms with Crippen LogP contribution in [0.3, 0.4) is 0 Å². The van der Waals surface area contributed by atoms with Crippen LogP contribution in [0.2, 0.25) is 0 Å². The monoisotopic (exact) mass is 508 g/mol. The molecule has 1 N–H and O–H groups in total. The van der Waals surface area contributed by atoms with Gasteiger partial charge < -0.3 is 5.32 Å². The first-order chi connectivity index (χ1) is 16.8. The van der Waals surface area contributed by atoms with Crippen molar-refractivity contribution in [2.45, 2.75) is 43.7 Å². The maximum atomic E-state index is 13.5. The fraction of sp³-hybridized carbons (Fsp3) is 0.292. The van der Waals surface area contributed by atoms with Gasteiger partial charge in [0.25, 0.3) is 6.43 Å². The second kappa shape index (κ2) is 12.5. The van der Waals surface area contributed by atoms with Crippen LogP contribution in [0.4, 0.5) is 17.6 Å². The minimum absolute atomic E-state index is 0.163. The van der Waals surface area contributed by atoms with E-state index in [2.05, 4.69) is 22.2 Å². The molecule has 35 heavy (non-hydrogen) atoms. The lowest BCUT2D eigenvalue weighted by Gasteiger charge is -2.19. The van der Waals surface area contributed by atoms with Crippen molar-refractivity contribution in [3.05, 3.63) is 77.8 Å². The molecule has 2 heterocycles. The molecule has 2 aromatic carbocycles. The molecule has 1 aliphatic heterocycles. The lowest BCUT2D eigenvalue weighted by atomic mass is 10.1. The van der Waals surface area contributed by atoms with Gasteiger partial charge in [0, 0.05) is 24.7 Å². The van der Waals surface area contributed by atoms with E-state index in [9.17, 15) is 26.6 Å². The molecule has 3 aromatic rings. The standard InChI is InChI=1S/C13H10F3N3O.C11H14FNOS/c14-10-2-8(4-17-7-20)1-9(3-10)11-5-19-12(6-18-11)13(15)16;1-9-3-2-8-13(9)15(14)11-6-4-10(12)5-7-11/h1-3,5-7,13H,4H2,(H,17,20);4-7,9H,2-3,8H2,1H3. The van der Waals surface area contributed by atoms with Crippen molar-refractivity contribution in [1.29, 1.82) is 0 Å². The number of carbonyl (C=O) groups is 1. The number of amides is 1. The second-order valence-electron chi connectivity index (χ2n) is 7.81. The molecule has 1 aliphatic rings. The van der Waals surface area contributed by atoms with Crippen molar-refractivity contribution in [3.8, 4) is 11.3 Å². The Morgan fingerprint density at radius 2 is 1.86 bits per heavy atom. The summed E-state index contributed by atoms with van der Waals surface area (Å²) in [5.74, 6) is -0.796. The van der Waals surface area contributed by atoms with Crippen LogP contribution in [-0.2, 0) is 22.3 Å². The van der Waals surface area contributed by atoms with E-state index >= 15 is 0 Å². The summed E-state index contributed by atoms with van der Waals surface area (Å²) in [6, 6.07) is 10.3. The van der Waals surface area contributed by atoms with Crippen molar-refractivity contribution in [2.24, 2.45) is 0 Å². The summed E-state index contributed by atoms with van der Waals surface area (Å²) >= 11 is 0. The molecule has 0 radical (unpaired) electrons. The van der Waals surface area contributed by atoms with Gasteiger partial charge in [-0.25, -0.2) is 26.1 Å². The van der Waals surface area contributed by atoms with Gasteiger partial charge in [0.1, 0.15) is 28.3 Å². The number of rotatable bonds is 7. The number of benzene rings is 2. The van der Waals surface area contributed by atoms with Gasteiger partial charge in [0.05, 0.1) is 23.0 Å². The lowest BCUT2D eigenvalue weighted by Crippen LogP contribution is -2.28. The summed E-state index contributed by atoms with van der Waals surface area (Å²) in [5.41, 5.74) is 0.780. The summed E-state index contributed by atoms with van der Waals surface area (Å²) < 4.78 is 64.9. The molecule has 0 saturated carbocycles. The number of carbonyl (C=O) groups excluding carboxylic acids is 1. The number of aromatic nitrogens is 2. The summed E-state index contributed by atoms with van der Waals surface area (Å²) in [4.78, 5) is 18.3. The van der Waals surface area contributed by atoms with Crippen LogP contribution in [-0.4, -0.2) is 37.5 Å². The lowest BCUT2D eigenvalue weighted by molar-refractivity contribution is -0.109. The van der Waals surface area contributed by atoms with Gasteiger partial charge in [-0.3, -0.25) is 14.8 Å². The molecule has 0 bridgehead atoms. The number of hydrogen-bond acceptors (Lipinski definition) is 4. The van der Waals surface area contributed by atoms with E-state index in [1.165, 1.54) is 24.3 Å². The third-order valence-electron chi connectivity index (χ3n) is 5.26. The highest BCUT2D eigenvalue weighted by atomic mass is 32.2. The first-order valence-corrected chi connectivity index (χ1v) is 11.9. The summed E-state index contributed by atoms with van der Waals surface area (Å²) in [6.45, 7) is 3.11.